The maximum Gasteiger partial charge on any atom is 0.126 e. The standard InChI is InChI=1S/C3H8O2.C3H6O/c1-5-3-2-4;1-3(2)4/h4H,2-3H2,1H3;1-2H3. The second-order valence-electron chi connectivity index (χ2n) is 1.62. The molecule has 3 heteroatoms. The highest BCUT2D eigenvalue weighted by Crippen LogP contribution is 1.56. The average molecular weight is 134 g/mol. The number of carbonyl (C=O) groups is 1. The van der Waals surface area contributed by atoms with Crippen molar-refractivity contribution in [3.8, 4) is 0 Å². The lowest BCUT2D eigenvalue weighted by Gasteiger charge is -1.84. The Labute approximate surface area is 55.6 Å². The first-order chi connectivity index (χ1) is 4.15. The van der Waals surface area contributed by atoms with Crippen LogP contribution in [0.15, 0.2) is 0 Å². The molecule has 0 aromatic rings. The number of aliphatic hydroxyl groups excluding tert-OH is 1. The van der Waals surface area contributed by atoms with Crippen LogP contribution in [0.3, 0.4) is 0 Å². The number of carbonyl (C=O) groups excluding carboxylic acids is 1. The zero-order chi connectivity index (χ0) is 7.70. The minimum atomic E-state index is 0.122. The normalized spacial score (nSPS) is 7.56. The highest BCUT2D eigenvalue weighted by atomic mass is 16.5. The molecular weight excluding hydrogens is 120 g/mol. The van der Waals surface area contributed by atoms with Crippen molar-refractivity contribution in [2.45, 2.75) is 13.8 Å². The molecule has 3 nitrogen and oxygen atoms in total. The predicted molar refractivity (Wildman–Crippen MR) is 35.3 cm³/mol. The fourth-order valence-electron chi connectivity index (χ4n) is 0.0913. The lowest BCUT2D eigenvalue weighted by Crippen LogP contribution is -1.91. The van der Waals surface area contributed by atoms with Gasteiger partial charge in [0, 0.05) is 7.11 Å². The molecule has 0 rings (SSSR count). The van der Waals surface area contributed by atoms with E-state index in [1.807, 2.05) is 0 Å². The molecule has 0 aromatic heterocycles. The van der Waals surface area contributed by atoms with Crippen molar-refractivity contribution >= 4 is 5.78 Å². The van der Waals surface area contributed by atoms with Crippen LogP contribution in [0, 0.1) is 0 Å². The fraction of sp³-hybridized carbons (Fsp3) is 0.833. The Kier molecular flexibility index (Phi) is 13.4. The van der Waals surface area contributed by atoms with E-state index in [-0.39, 0.29) is 12.4 Å². The number of ether oxygens (including phenoxy) is 1. The predicted octanol–water partition coefficient (Wildman–Crippen LogP) is 0.220. The van der Waals surface area contributed by atoms with Gasteiger partial charge >= 0.3 is 0 Å². The van der Waals surface area contributed by atoms with E-state index < -0.39 is 0 Å². The number of rotatable bonds is 2. The first-order valence-corrected chi connectivity index (χ1v) is 2.72. The van der Waals surface area contributed by atoms with Gasteiger partial charge in [-0.2, -0.15) is 0 Å². The first kappa shape index (κ1) is 11.4. The van der Waals surface area contributed by atoms with Crippen LogP contribution in [0.4, 0.5) is 0 Å². The van der Waals surface area contributed by atoms with Gasteiger partial charge in [0.1, 0.15) is 5.78 Å². The van der Waals surface area contributed by atoms with E-state index >= 15 is 0 Å². The summed E-state index contributed by atoms with van der Waals surface area (Å²) in [7, 11) is 1.55. The van der Waals surface area contributed by atoms with E-state index in [2.05, 4.69) is 4.74 Å². The Hall–Kier alpha value is -0.410. The van der Waals surface area contributed by atoms with Crippen molar-refractivity contribution in [1.82, 2.24) is 0 Å². The molecule has 56 valence electrons. The van der Waals surface area contributed by atoms with Crippen LogP contribution >= 0.6 is 0 Å². The second kappa shape index (κ2) is 10.5. The smallest absolute Gasteiger partial charge is 0.126 e. The molecule has 0 atom stereocenters. The zero-order valence-electron chi connectivity index (χ0n) is 6.18. The Bertz CT molecular complexity index is 55.3. The van der Waals surface area contributed by atoms with Crippen molar-refractivity contribution in [2.24, 2.45) is 0 Å². The molecule has 0 aliphatic rings. The summed E-state index contributed by atoms with van der Waals surface area (Å²) in [5.41, 5.74) is 0. The lowest BCUT2D eigenvalue weighted by molar-refractivity contribution is -0.114. The van der Waals surface area contributed by atoms with E-state index in [9.17, 15) is 4.79 Å². The molecule has 9 heavy (non-hydrogen) atoms. The molecule has 0 aliphatic carbocycles. The van der Waals surface area contributed by atoms with Gasteiger partial charge in [0.2, 0.25) is 0 Å². The van der Waals surface area contributed by atoms with Gasteiger partial charge in [-0.3, -0.25) is 0 Å². The summed E-state index contributed by atoms with van der Waals surface area (Å²) in [5.74, 6) is 0.167. The summed E-state index contributed by atoms with van der Waals surface area (Å²) < 4.78 is 4.44. The Morgan fingerprint density at radius 3 is 1.89 bits per heavy atom. The molecule has 1 N–H and O–H groups in total. The topological polar surface area (TPSA) is 46.5 Å². The highest BCUT2D eigenvalue weighted by molar-refractivity contribution is 5.72. The van der Waals surface area contributed by atoms with Crippen LogP contribution < -0.4 is 0 Å². The summed E-state index contributed by atoms with van der Waals surface area (Å²) in [6.45, 7) is 3.62. The van der Waals surface area contributed by atoms with Gasteiger partial charge in [-0.15, -0.1) is 0 Å². The van der Waals surface area contributed by atoms with Crippen LogP contribution in [0.5, 0.6) is 0 Å². The number of hydrogen-bond acceptors (Lipinski definition) is 3. The van der Waals surface area contributed by atoms with Crippen LogP contribution in [0.1, 0.15) is 13.8 Å². The monoisotopic (exact) mass is 134 g/mol. The first-order valence-electron chi connectivity index (χ1n) is 2.72. The molecule has 0 saturated heterocycles. The molecule has 0 heterocycles. The van der Waals surface area contributed by atoms with Gasteiger partial charge in [0.15, 0.2) is 0 Å². The summed E-state index contributed by atoms with van der Waals surface area (Å²) in [6, 6.07) is 0. The van der Waals surface area contributed by atoms with Crippen molar-refractivity contribution in [1.29, 1.82) is 0 Å². The van der Waals surface area contributed by atoms with E-state index in [4.69, 9.17) is 5.11 Å². The number of aliphatic hydroxyl groups is 1. The summed E-state index contributed by atoms with van der Waals surface area (Å²) in [5, 5.41) is 7.94. The van der Waals surface area contributed by atoms with Crippen molar-refractivity contribution in [2.75, 3.05) is 20.3 Å². The van der Waals surface area contributed by atoms with Gasteiger partial charge < -0.3 is 14.6 Å². The third kappa shape index (κ3) is 93.8. The summed E-state index contributed by atoms with van der Waals surface area (Å²) in [4.78, 5) is 9.44. The van der Waals surface area contributed by atoms with Crippen LogP contribution in [-0.2, 0) is 9.53 Å². The minimum Gasteiger partial charge on any atom is -0.394 e. The Morgan fingerprint density at radius 2 is 1.89 bits per heavy atom. The van der Waals surface area contributed by atoms with Crippen molar-refractivity contribution in [3.63, 3.8) is 0 Å². The molecule has 0 fully saturated rings. The molecular formula is C6H14O3. The number of hydrogen-bond donors (Lipinski definition) is 1. The average Bonchev–Trinajstić information content (AvgIpc) is 1.66. The van der Waals surface area contributed by atoms with Crippen LogP contribution in [0.25, 0.3) is 0 Å². The molecule has 0 unspecified atom stereocenters. The SMILES string of the molecule is CC(C)=O.COCCO. The van der Waals surface area contributed by atoms with E-state index in [0.29, 0.717) is 6.61 Å². The zero-order valence-corrected chi connectivity index (χ0v) is 6.18. The highest BCUT2D eigenvalue weighted by Gasteiger charge is 1.67. The maximum absolute atomic E-state index is 9.44. The van der Waals surface area contributed by atoms with E-state index in [1.165, 1.54) is 13.8 Å². The molecule has 0 aliphatic heterocycles. The number of Topliss-reactive ketones (excluding diaryl/α,β-unsaturated/α-hetero) is 1. The largest absolute Gasteiger partial charge is 0.394 e. The van der Waals surface area contributed by atoms with E-state index in [1.54, 1.807) is 7.11 Å². The Morgan fingerprint density at radius 1 is 1.56 bits per heavy atom. The number of methoxy groups -OCH3 is 1. The van der Waals surface area contributed by atoms with Crippen molar-refractivity contribution < 1.29 is 14.6 Å². The Balaban J connectivity index is 0. The second-order valence-corrected chi connectivity index (χ2v) is 1.62. The molecule has 0 bridgehead atoms. The lowest BCUT2D eigenvalue weighted by atomic mass is 10.6. The van der Waals surface area contributed by atoms with E-state index in [0.717, 1.165) is 0 Å². The van der Waals surface area contributed by atoms with Gasteiger partial charge in [0.05, 0.1) is 13.2 Å². The van der Waals surface area contributed by atoms with Crippen molar-refractivity contribution in [3.05, 3.63) is 0 Å². The van der Waals surface area contributed by atoms with Gasteiger partial charge in [-0.05, 0) is 13.8 Å². The molecule has 0 radical (unpaired) electrons. The molecule has 0 spiro atoms. The fourth-order valence-corrected chi connectivity index (χ4v) is 0.0913. The van der Waals surface area contributed by atoms with Gasteiger partial charge in [-0.25, -0.2) is 0 Å². The van der Waals surface area contributed by atoms with Gasteiger partial charge in [-0.1, -0.05) is 0 Å². The van der Waals surface area contributed by atoms with Crippen LogP contribution in [-0.4, -0.2) is 31.2 Å². The molecule has 0 amide bonds. The summed E-state index contributed by atoms with van der Waals surface area (Å²) >= 11 is 0. The maximum atomic E-state index is 9.44. The molecule has 0 saturated carbocycles. The summed E-state index contributed by atoms with van der Waals surface area (Å²) in [6.07, 6.45) is 0. The molecule has 0 aromatic carbocycles. The number of ketones is 1. The van der Waals surface area contributed by atoms with Crippen LogP contribution in [0.2, 0.25) is 0 Å². The third-order valence-corrected chi connectivity index (χ3v) is 0.295. The van der Waals surface area contributed by atoms with Gasteiger partial charge in [0.25, 0.3) is 0 Å². The third-order valence-electron chi connectivity index (χ3n) is 0.295. The quantitative estimate of drug-likeness (QED) is 0.587. The minimum absolute atomic E-state index is 0.122.